The number of nitrogens with one attached hydrogen (secondary N) is 2. The number of carbonyl (C=O) groups is 4. The molecule has 2 fully saturated rings. The number of ketones is 1. The largest absolute Gasteiger partial charge is 0.363 e. The molecular formula is C23H40N4O4. The summed E-state index contributed by atoms with van der Waals surface area (Å²) in [5, 5.41) is 5.90. The van der Waals surface area contributed by atoms with Crippen molar-refractivity contribution in [2.45, 2.75) is 84.8 Å². The highest BCUT2D eigenvalue weighted by Gasteiger charge is 2.47. The molecule has 176 valence electrons. The molecule has 4 atom stereocenters. The van der Waals surface area contributed by atoms with Gasteiger partial charge in [-0.05, 0) is 43.1 Å². The van der Waals surface area contributed by atoms with Crippen molar-refractivity contribution < 1.29 is 19.2 Å². The molecule has 0 spiro atoms. The highest BCUT2D eigenvalue weighted by atomic mass is 16.2. The number of hydrogen-bond acceptors (Lipinski definition) is 5. The van der Waals surface area contributed by atoms with Gasteiger partial charge in [-0.3, -0.25) is 19.2 Å². The summed E-state index contributed by atoms with van der Waals surface area (Å²) in [6.45, 7) is 10.5. The molecule has 31 heavy (non-hydrogen) atoms. The van der Waals surface area contributed by atoms with E-state index in [1.807, 2.05) is 34.6 Å². The number of carbonyl (C=O) groups excluding carboxylic acids is 4. The van der Waals surface area contributed by atoms with Crippen LogP contribution in [0.2, 0.25) is 0 Å². The normalized spacial score (nSPS) is 23.9. The van der Waals surface area contributed by atoms with Gasteiger partial charge in [-0.1, -0.05) is 53.9 Å². The van der Waals surface area contributed by atoms with Crippen molar-refractivity contribution in [3.8, 4) is 0 Å². The highest BCUT2D eigenvalue weighted by Crippen LogP contribution is 2.34. The highest BCUT2D eigenvalue weighted by molar-refractivity contribution is 6.37. The molecule has 2 rings (SSSR count). The van der Waals surface area contributed by atoms with Gasteiger partial charge in [-0.15, -0.1) is 0 Å². The molecule has 0 bridgehead atoms. The lowest BCUT2D eigenvalue weighted by atomic mass is 9.80. The predicted octanol–water partition coefficient (Wildman–Crippen LogP) is 1.22. The molecule has 8 nitrogen and oxygen atoms in total. The van der Waals surface area contributed by atoms with Crippen LogP contribution >= 0.6 is 0 Å². The van der Waals surface area contributed by atoms with Crippen LogP contribution in [0.4, 0.5) is 0 Å². The van der Waals surface area contributed by atoms with E-state index in [2.05, 4.69) is 10.6 Å². The molecule has 1 aliphatic heterocycles. The third kappa shape index (κ3) is 5.84. The van der Waals surface area contributed by atoms with Gasteiger partial charge < -0.3 is 21.3 Å². The number of nitrogens with two attached hydrogens (primary N) is 1. The first-order valence-electron chi connectivity index (χ1n) is 11.5. The van der Waals surface area contributed by atoms with Crippen LogP contribution < -0.4 is 16.4 Å². The van der Waals surface area contributed by atoms with Crippen molar-refractivity contribution in [3.63, 3.8) is 0 Å². The van der Waals surface area contributed by atoms with Gasteiger partial charge >= 0.3 is 0 Å². The van der Waals surface area contributed by atoms with Crippen LogP contribution in [-0.2, 0) is 19.2 Å². The Morgan fingerprint density at radius 2 is 1.71 bits per heavy atom. The predicted molar refractivity (Wildman–Crippen MR) is 119 cm³/mol. The summed E-state index contributed by atoms with van der Waals surface area (Å²) in [5.41, 5.74) is 4.92. The van der Waals surface area contributed by atoms with Gasteiger partial charge in [0.2, 0.25) is 17.6 Å². The van der Waals surface area contributed by atoms with E-state index in [-0.39, 0.29) is 29.1 Å². The number of likely N-dealkylation sites (tertiary alicyclic amines) is 1. The maximum absolute atomic E-state index is 13.4. The van der Waals surface area contributed by atoms with Gasteiger partial charge in [0, 0.05) is 6.54 Å². The van der Waals surface area contributed by atoms with Crippen LogP contribution in [0.1, 0.15) is 66.7 Å². The number of nitrogens with zero attached hydrogens (tertiary/aromatic N) is 1. The van der Waals surface area contributed by atoms with Crippen molar-refractivity contribution >= 4 is 23.5 Å². The standard InChI is InChI=1S/C23H40N4O4/c1-13(2)15-10-11-27(22(31)19(25-6)23(3,4)5)17(15)21(30)26-16(18(28)20(24)29)12-14-8-7-9-14/h13-17,19,25H,7-12H2,1-6H3,(H2,24,29)(H,26,30)/t15-,16?,17?,19?/m1/s1. The van der Waals surface area contributed by atoms with E-state index in [1.54, 1.807) is 11.9 Å². The Hall–Kier alpha value is -1.96. The van der Waals surface area contributed by atoms with Crippen LogP contribution in [0.3, 0.4) is 0 Å². The number of primary amides is 1. The molecule has 0 aromatic heterocycles. The lowest BCUT2D eigenvalue weighted by Gasteiger charge is -2.37. The Labute approximate surface area is 186 Å². The van der Waals surface area contributed by atoms with E-state index < -0.39 is 29.8 Å². The summed E-state index contributed by atoms with van der Waals surface area (Å²) < 4.78 is 0. The maximum atomic E-state index is 13.4. The average Bonchev–Trinajstić information content (AvgIpc) is 3.07. The van der Waals surface area contributed by atoms with Crippen LogP contribution in [0.25, 0.3) is 0 Å². The van der Waals surface area contributed by atoms with E-state index in [0.29, 0.717) is 18.9 Å². The number of rotatable bonds is 9. The maximum Gasteiger partial charge on any atom is 0.287 e. The Bertz CT molecular complexity index is 696. The molecule has 2 aliphatic rings. The second-order valence-electron chi connectivity index (χ2n) is 10.6. The van der Waals surface area contributed by atoms with Gasteiger partial charge in [0.1, 0.15) is 6.04 Å². The van der Waals surface area contributed by atoms with Crippen LogP contribution in [0.5, 0.6) is 0 Å². The van der Waals surface area contributed by atoms with Crippen LogP contribution in [-0.4, -0.2) is 60.1 Å². The van der Waals surface area contributed by atoms with E-state index in [4.69, 9.17) is 5.73 Å². The zero-order valence-electron chi connectivity index (χ0n) is 19.9. The van der Waals surface area contributed by atoms with Crippen molar-refractivity contribution in [2.75, 3.05) is 13.6 Å². The van der Waals surface area contributed by atoms with Crippen molar-refractivity contribution in [2.24, 2.45) is 28.9 Å². The molecule has 8 heteroatoms. The van der Waals surface area contributed by atoms with Crippen molar-refractivity contribution in [1.82, 2.24) is 15.5 Å². The smallest absolute Gasteiger partial charge is 0.287 e. The number of amides is 3. The van der Waals surface area contributed by atoms with E-state index >= 15 is 0 Å². The number of likely N-dealkylation sites (N-methyl/N-ethyl adjacent to an activating group) is 1. The SMILES string of the molecule is CNC(C(=O)N1CC[C@H](C(C)C)C1C(=O)NC(CC1CCC1)C(=O)C(N)=O)C(C)(C)C. The van der Waals surface area contributed by atoms with Crippen LogP contribution in [0, 0.1) is 23.2 Å². The third-order valence-corrected chi connectivity index (χ3v) is 6.92. The first kappa shape index (κ1) is 25.3. The fourth-order valence-electron chi connectivity index (χ4n) is 4.91. The molecule has 3 unspecified atom stereocenters. The zero-order valence-corrected chi connectivity index (χ0v) is 19.9. The van der Waals surface area contributed by atoms with Gasteiger partial charge in [0.15, 0.2) is 0 Å². The van der Waals surface area contributed by atoms with E-state index in [9.17, 15) is 19.2 Å². The number of Topliss-reactive ketones (excluding diaryl/α,β-unsaturated/α-hetero) is 1. The lowest BCUT2D eigenvalue weighted by Crippen LogP contribution is -2.59. The lowest BCUT2D eigenvalue weighted by molar-refractivity contribution is -0.144. The molecule has 4 N–H and O–H groups in total. The van der Waals surface area contributed by atoms with Gasteiger partial charge in [-0.25, -0.2) is 0 Å². The molecular weight excluding hydrogens is 396 g/mol. The Morgan fingerprint density at radius 3 is 2.13 bits per heavy atom. The minimum atomic E-state index is -1.03. The zero-order chi connectivity index (χ0) is 23.5. The van der Waals surface area contributed by atoms with Crippen LogP contribution in [0.15, 0.2) is 0 Å². The molecule has 0 aromatic carbocycles. The molecule has 0 radical (unpaired) electrons. The Kier molecular flexibility index (Phi) is 8.25. The summed E-state index contributed by atoms with van der Waals surface area (Å²) in [4.78, 5) is 52.5. The summed E-state index contributed by atoms with van der Waals surface area (Å²) in [5.74, 6) is -1.80. The van der Waals surface area contributed by atoms with Gasteiger partial charge in [-0.2, -0.15) is 0 Å². The molecule has 0 aromatic rings. The summed E-state index contributed by atoms with van der Waals surface area (Å²) in [6, 6.07) is -2.04. The molecule has 1 saturated heterocycles. The summed E-state index contributed by atoms with van der Waals surface area (Å²) in [6.07, 6.45) is 4.20. The van der Waals surface area contributed by atoms with E-state index in [1.165, 1.54) is 0 Å². The average molecular weight is 437 g/mol. The third-order valence-electron chi connectivity index (χ3n) is 6.92. The summed E-state index contributed by atoms with van der Waals surface area (Å²) in [7, 11) is 1.75. The molecule has 3 amide bonds. The fraction of sp³-hybridized carbons (Fsp3) is 0.826. The fourth-order valence-corrected chi connectivity index (χ4v) is 4.91. The summed E-state index contributed by atoms with van der Waals surface area (Å²) >= 11 is 0. The Balaban J connectivity index is 2.27. The molecule has 1 saturated carbocycles. The monoisotopic (exact) mass is 436 g/mol. The number of hydrogen-bond donors (Lipinski definition) is 3. The first-order valence-corrected chi connectivity index (χ1v) is 11.5. The Morgan fingerprint density at radius 1 is 1.10 bits per heavy atom. The van der Waals surface area contributed by atoms with Crippen molar-refractivity contribution in [1.29, 1.82) is 0 Å². The van der Waals surface area contributed by atoms with Crippen molar-refractivity contribution in [3.05, 3.63) is 0 Å². The first-order chi connectivity index (χ1) is 14.4. The van der Waals surface area contributed by atoms with Gasteiger partial charge in [0.05, 0.1) is 12.1 Å². The second kappa shape index (κ2) is 10.1. The second-order valence-corrected chi connectivity index (χ2v) is 10.6. The minimum absolute atomic E-state index is 0.0190. The molecule has 1 aliphatic carbocycles. The van der Waals surface area contributed by atoms with Gasteiger partial charge in [0.25, 0.3) is 5.91 Å². The molecule has 1 heterocycles. The topological polar surface area (TPSA) is 122 Å². The van der Waals surface area contributed by atoms with E-state index in [0.717, 1.165) is 25.7 Å². The quantitative estimate of drug-likeness (QED) is 0.469. The minimum Gasteiger partial charge on any atom is -0.363 e.